The quantitative estimate of drug-likeness (QED) is 0.713. The molecule has 14 heavy (non-hydrogen) atoms. The Morgan fingerprint density at radius 3 is 2.93 bits per heavy atom. The third-order valence-corrected chi connectivity index (χ3v) is 2.56. The van der Waals surface area contributed by atoms with Gasteiger partial charge in [-0.3, -0.25) is 0 Å². The molecule has 3 N–H and O–H groups in total. The van der Waals surface area contributed by atoms with Crippen LogP contribution in [0, 0.1) is 5.82 Å². The lowest BCUT2D eigenvalue weighted by atomic mass is 10.0. The Bertz CT molecular complexity index is 403. The summed E-state index contributed by atoms with van der Waals surface area (Å²) in [5.74, 6) is -1.62. The van der Waals surface area contributed by atoms with Crippen LogP contribution < -0.4 is 5.73 Å². The van der Waals surface area contributed by atoms with Crippen molar-refractivity contribution in [1.29, 1.82) is 0 Å². The zero-order valence-electron chi connectivity index (χ0n) is 7.46. The van der Waals surface area contributed by atoms with Crippen molar-refractivity contribution in [2.75, 3.05) is 0 Å². The number of carbonyl (C=O) groups is 1. The molecule has 0 radical (unpaired) electrons. The summed E-state index contributed by atoms with van der Waals surface area (Å²) >= 11 is 0. The van der Waals surface area contributed by atoms with Gasteiger partial charge in [0.2, 0.25) is 0 Å². The maximum absolute atomic E-state index is 13.0. The number of hydrogen-bond donors (Lipinski definition) is 2. The molecule has 1 aromatic carbocycles. The Balaban J connectivity index is 2.65. The van der Waals surface area contributed by atoms with E-state index in [4.69, 9.17) is 10.8 Å². The minimum Gasteiger partial charge on any atom is -0.478 e. The van der Waals surface area contributed by atoms with E-state index in [1.165, 1.54) is 6.07 Å². The molecule has 0 saturated heterocycles. The fourth-order valence-electron chi connectivity index (χ4n) is 1.95. The van der Waals surface area contributed by atoms with E-state index in [2.05, 4.69) is 0 Å². The van der Waals surface area contributed by atoms with Crippen molar-refractivity contribution in [3.8, 4) is 0 Å². The fourth-order valence-corrected chi connectivity index (χ4v) is 1.95. The predicted molar refractivity (Wildman–Crippen MR) is 48.6 cm³/mol. The Morgan fingerprint density at radius 1 is 1.57 bits per heavy atom. The molecule has 0 heterocycles. The third-order valence-electron chi connectivity index (χ3n) is 2.56. The number of nitrogens with two attached hydrogens (primary N) is 1. The van der Waals surface area contributed by atoms with Crippen LogP contribution in [0.2, 0.25) is 0 Å². The Hall–Kier alpha value is -1.42. The second kappa shape index (κ2) is 3.06. The highest BCUT2D eigenvalue weighted by Crippen LogP contribution is 2.32. The second-order valence-corrected chi connectivity index (χ2v) is 3.48. The van der Waals surface area contributed by atoms with Gasteiger partial charge in [-0.05, 0) is 36.1 Å². The molecule has 2 rings (SSSR count). The van der Waals surface area contributed by atoms with Crippen molar-refractivity contribution in [1.82, 2.24) is 0 Å². The van der Waals surface area contributed by atoms with E-state index in [0.29, 0.717) is 18.4 Å². The Kier molecular flexibility index (Phi) is 2.00. The second-order valence-electron chi connectivity index (χ2n) is 3.48. The molecule has 0 saturated carbocycles. The lowest BCUT2D eigenvalue weighted by Gasteiger charge is -2.08. The summed E-state index contributed by atoms with van der Waals surface area (Å²) < 4.78 is 13.0. The normalized spacial score (nSPS) is 19.4. The Labute approximate surface area is 80.3 Å². The van der Waals surface area contributed by atoms with E-state index in [9.17, 15) is 9.18 Å². The maximum atomic E-state index is 13.0. The first kappa shape index (κ1) is 9.15. The monoisotopic (exact) mass is 195 g/mol. The molecule has 0 aliphatic heterocycles. The first-order valence-corrected chi connectivity index (χ1v) is 4.41. The molecule has 74 valence electrons. The maximum Gasteiger partial charge on any atom is 0.336 e. The highest BCUT2D eigenvalue weighted by Gasteiger charge is 2.26. The van der Waals surface area contributed by atoms with Gasteiger partial charge >= 0.3 is 5.97 Å². The fraction of sp³-hybridized carbons (Fsp3) is 0.300. The molecule has 0 spiro atoms. The molecular weight excluding hydrogens is 185 g/mol. The topological polar surface area (TPSA) is 63.3 Å². The van der Waals surface area contributed by atoms with Crippen LogP contribution in [-0.4, -0.2) is 11.1 Å². The third kappa shape index (κ3) is 1.28. The lowest BCUT2D eigenvalue weighted by Crippen LogP contribution is -2.12. The predicted octanol–water partition coefficient (Wildman–Crippen LogP) is 1.47. The van der Waals surface area contributed by atoms with Crippen LogP contribution in [0.4, 0.5) is 4.39 Å². The minimum absolute atomic E-state index is 0.00463. The summed E-state index contributed by atoms with van der Waals surface area (Å²) in [6.07, 6.45) is 1.35. The average molecular weight is 195 g/mol. The molecule has 0 aromatic heterocycles. The molecule has 0 amide bonds. The van der Waals surface area contributed by atoms with Crippen molar-refractivity contribution in [2.24, 2.45) is 5.73 Å². The van der Waals surface area contributed by atoms with E-state index in [-0.39, 0.29) is 11.6 Å². The number of benzene rings is 1. The lowest BCUT2D eigenvalue weighted by molar-refractivity contribution is 0.0694. The van der Waals surface area contributed by atoms with Gasteiger partial charge in [-0.15, -0.1) is 0 Å². The van der Waals surface area contributed by atoms with Gasteiger partial charge in [-0.25, -0.2) is 9.18 Å². The smallest absolute Gasteiger partial charge is 0.336 e. The number of rotatable bonds is 1. The molecule has 1 atom stereocenters. The van der Waals surface area contributed by atoms with Crippen LogP contribution in [0.1, 0.15) is 33.9 Å². The number of hydrogen-bond acceptors (Lipinski definition) is 2. The van der Waals surface area contributed by atoms with Crippen LogP contribution in [0.15, 0.2) is 12.1 Å². The number of carboxylic acid groups (broad SMARTS) is 1. The van der Waals surface area contributed by atoms with E-state index < -0.39 is 11.8 Å². The van der Waals surface area contributed by atoms with Crippen LogP contribution >= 0.6 is 0 Å². The van der Waals surface area contributed by atoms with Crippen molar-refractivity contribution in [3.63, 3.8) is 0 Å². The van der Waals surface area contributed by atoms with Crippen molar-refractivity contribution < 1.29 is 14.3 Å². The molecule has 1 aliphatic carbocycles. The Morgan fingerprint density at radius 2 is 2.29 bits per heavy atom. The van der Waals surface area contributed by atoms with Crippen LogP contribution in [0.5, 0.6) is 0 Å². The van der Waals surface area contributed by atoms with Gasteiger partial charge in [0.1, 0.15) is 5.82 Å². The summed E-state index contributed by atoms with van der Waals surface area (Å²) in [7, 11) is 0. The first-order chi connectivity index (χ1) is 6.59. The van der Waals surface area contributed by atoms with Crippen molar-refractivity contribution in [3.05, 3.63) is 34.6 Å². The average Bonchev–Trinajstić information content (AvgIpc) is 2.46. The van der Waals surface area contributed by atoms with E-state index >= 15 is 0 Å². The standard InChI is InChI=1S/C10H10FNO2/c11-6-3-5-1-2-8(12)9(5)7(4-6)10(13)14/h3-4,8H,1-2,12H2,(H,13,14). The largest absolute Gasteiger partial charge is 0.478 e. The number of fused-ring (bicyclic) bond motifs is 1. The molecular formula is C10H10FNO2. The summed E-state index contributed by atoms with van der Waals surface area (Å²) in [6, 6.07) is 2.14. The van der Waals surface area contributed by atoms with Gasteiger partial charge in [0, 0.05) is 6.04 Å². The van der Waals surface area contributed by atoms with Gasteiger partial charge in [-0.2, -0.15) is 0 Å². The van der Waals surface area contributed by atoms with Gasteiger partial charge in [0.15, 0.2) is 0 Å². The van der Waals surface area contributed by atoms with E-state index in [0.717, 1.165) is 11.6 Å². The molecule has 0 fully saturated rings. The zero-order chi connectivity index (χ0) is 10.3. The minimum atomic E-state index is -1.11. The summed E-state index contributed by atoms with van der Waals surface area (Å²) in [6.45, 7) is 0. The van der Waals surface area contributed by atoms with Crippen molar-refractivity contribution in [2.45, 2.75) is 18.9 Å². The van der Waals surface area contributed by atoms with Gasteiger partial charge < -0.3 is 10.8 Å². The van der Waals surface area contributed by atoms with Crippen LogP contribution in [0.25, 0.3) is 0 Å². The first-order valence-electron chi connectivity index (χ1n) is 4.41. The van der Waals surface area contributed by atoms with Crippen LogP contribution in [0.3, 0.4) is 0 Å². The van der Waals surface area contributed by atoms with Gasteiger partial charge in [0.25, 0.3) is 0 Å². The van der Waals surface area contributed by atoms with Gasteiger partial charge in [-0.1, -0.05) is 0 Å². The van der Waals surface area contributed by atoms with E-state index in [1.807, 2.05) is 0 Å². The van der Waals surface area contributed by atoms with Crippen LogP contribution in [-0.2, 0) is 6.42 Å². The number of carboxylic acids is 1. The van der Waals surface area contributed by atoms with E-state index in [1.54, 1.807) is 0 Å². The number of halogens is 1. The molecule has 1 aromatic rings. The molecule has 0 bridgehead atoms. The highest BCUT2D eigenvalue weighted by atomic mass is 19.1. The summed E-state index contributed by atoms with van der Waals surface area (Å²) in [5, 5.41) is 8.87. The number of aryl methyl sites for hydroxylation is 1. The highest BCUT2D eigenvalue weighted by molar-refractivity contribution is 5.90. The number of aromatic carboxylic acids is 1. The summed E-state index contributed by atoms with van der Waals surface area (Å²) in [5.41, 5.74) is 7.08. The molecule has 1 aliphatic rings. The summed E-state index contributed by atoms with van der Waals surface area (Å²) in [4.78, 5) is 10.8. The zero-order valence-corrected chi connectivity index (χ0v) is 7.46. The van der Waals surface area contributed by atoms with Gasteiger partial charge in [0.05, 0.1) is 5.56 Å². The SMILES string of the molecule is NC1CCc2cc(F)cc(C(=O)O)c21. The molecule has 1 unspecified atom stereocenters. The molecule has 4 heteroatoms. The van der Waals surface area contributed by atoms with Crippen molar-refractivity contribution >= 4 is 5.97 Å². The molecule has 3 nitrogen and oxygen atoms in total.